The van der Waals surface area contributed by atoms with E-state index in [1.54, 1.807) is 24.3 Å². The molecule has 0 fully saturated rings. The van der Waals surface area contributed by atoms with Crippen molar-refractivity contribution in [3.8, 4) is 0 Å². The number of cyclic esters (lactones) is 1. The third-order valence-electron chi connectivity index (χ3n) is 3.87. The van der Waals surface area contributed by atoms with Gasteiger partial charge in [-0.2, -0.15) is 0 Å². The molecule has 0 saturated carbocycles. The number of carbonyl (C=O) groups excluding carboxylic acids is 1. The molecule has 1 aliphatic rings. The number of benzene rings is 2. The lowest BCUT2D eigenvalue weighted by molar-refractivity contribution is -0.129. The van der Waals surface area contributed by atoms with Gasteiger partial charge in [0.25, 0.3) is 0 Å². The average molecular weight is 374 g/mol. The van der Waals surface area contributed by atoms with Crippen LogP contribution in [0.2, 0.25) is 10.0 Å². The summed E-state index contributed by atoms with van der Waals surface area (Å²) in [6.07, 6.45) is 1.63. The molecule has 3 nitrogen and oxygen atoms in total. The summed E-state index contributed by atoms with van der Waals surface area (Å²) < 4.78 is 5.30. The summed E-state index contributed by atoms with van der Waals surface area (Å²) in [5.41, 5.74) is 2.99. The lowest BCUT2D eigenvalue weighted by atomic mass is 9.87. The number of aliphatic imine (C=N–C) groups is 1. The van der Waals surface area contributed by atoms with Gasteiger partial charge in [0.05, 0.1) is 10.0 Å². The Morgan fingerprint density at radius 3 is 2.28 bits per heavy atom. The van der Waals surface area contributed by atoms with Crippen molar-refractivity contribution in [2.75, 3.05) is 0 Å². The summed E-state index contributed by atoms with van der Waals surface area (Å²) >= 11 is 11.9. The number of ether oxygens (including phenoxy) is 1. The Bertz CT molecular complexity index is 891. The first-order chi connectivity index (χ1) is 11.7. The van der Waals surface area contributed by atoms with Crippen LogP contribution in [0.5, 0.6) is 0 Å². The predicted octanol–water partition coefficient (Wildman–Crippen LogP) is 5.64. The summed E-state index contributed by atoms with van der Waals surface area (Å²) in [5, 5.41) is 0.880. The zero-order valence-electron chi connectivity index (χ0n) is 14.1. The fourth-order valence-corrected chi connectivity index (χ4v) is 2.71. The van der Waals surface area contributed by atoms with Gasteiger partial charge in [-0.1, -0.05) is 62.2 Å². The van der Waals surface area contributed by atoms with Crippen molar-refractivity contribution in [3.63, 3.8) is 0 Å². The molecular weight excluding hydrogens is 357 g/mol. The molecule has 0 aromatic heterocycles. The number of esters is 1. The Hall–Kier alpha value is -2.10. The molecule has 0 N–H and O–H groups in total. The van der Waals surface area contributed by atoms with Crippen molar-refractivity contribution in [1.82, 2.24) is 0 Å². The molecule has 0 aliphatic carbocycles. The summed E-state index contributed by atoms with van der Waals surface area (Å²) in [5.74, 6) is -0.183. The fraction of sp³-hybridized carbons (Fsp3) is 0.200. The highest BCUT2D eigenvalue weighted by Crippen LogP contribution is 2.26. The molecule has 5 heteroatoms. The van der Waals surface area contributed by atoms with Crippen molar-refractivity contribution in [2.45, 2.75) is 26.2 Å². The van der Waals surface area contributed by atoms with Gasteiger partial charge < -0.3 is 4.74 Å². The number of halogens is 2. The minimum atomic E-state index is -0.485. The Morgan fingerprint density at radius 1 is 1.00 bits per heavy atom. The molecule has 1 aliphatic heterocycles. The smallest absolute Gasteiger partial charge is 0.363 e. The first-order valence-corrected chi connectivity index (χ1v) is 8.58. The zero-order valence-corrected chi connectivity index (χ0v) is 15.7. The Labute approximate surface area is 156 Å². The van der Waals surface area contributed by atoms with Crippen molar-refractivity contribution in [2.24, 2.45) is 4.99 Å². The van der Waals surface area contributed by atoms with E-state index < -0.39 is 5.97 Å². The van der Waals surface area contributed by atoms with Crippen LogP contribution in [0.25, 0.3) is 6.08 Å². The average Bonchev–Trinajstić information content (AvgIpc) is 2.91. The maximum absolute atomic E-state index is 12.1. The Kier molecular flexibility index (Phi) is 4.72. The molecule has 2 aromatic rings. The normalized spacial score (nSPS) is 16.1. The molecule has 25 heavy (non-hydrogen) atoms. The zero-order chi connectivity index (χ0) is 18.2. The van der Waals surface area contributed by atoms with E-state index in [1.807, 2.05) is 24.3 Å². The summed E-state index contributed by atoms with van der Waals surface area (Å²) in [7, 11) is 0. The fourth-order valence-electron chi connectivity index (χ4n) is 2.41. The van der Waals surface area contributed by atoms with E-state index in [1.165, 1.54) is 5.56 Å². The van der Waals surface area contributed by atoms with Crippen LogP contribution in [0.1, 0.15) is 37.5 Å². The molecule has 2 aromatic carbocycles. The second-order valence-corrected chi connectivity index (χ2v) is 7.65. The molecule has 0 unspecified atom stereocenters. The summed E-state index contributed by atoms with van der Waals surface area (Å²) in [6, 6.07) is 13.0. The van der Waals surface area contributed by atoms with Gasteiger partial charge in [0.1, 0.15) is 0 Å². The lowest BCUT2D eigenvalue weighted by Crippen LogP contribution is -2.11. The standard InChI is InChI=1S/C20H17Cl2NO2/c1-20(2,3)14-7-5-13(6-8-14)18-23-17(19(24)25-18)11-12-4-9-15(21)16(22)10-12/h4-11H,1-3H3. The van der Waals surface area contributed by atoms with E-state index in [9.17, 15) is 4.79 Å². The van der Waals surface area contributed by atoms with Crippen LogP contribution in [-0.4, -0.2) is 11.9 Å². The maximum Gasteiger partial charge on any atom is 0.363 e. The van der Waals surface area contributed by atoms with Crippen LogP contribution in [0.3, 0.4) is 0 Å². The largest absolute Gasteiger partial charge is 0.402 e. The van der Waals surface area contributed by atoms with E-state index in [0.29, 0.717) is 15.9 Å². The summed E-state index contributed by atoms with van der Waals surface area (Å²) in [4.78, 5) is 16.4. The van der Waals surface area contributed by atoms with Gasteiger partial charge in [0, 0.05) is 5.56 Å². The van der Waals surface area contributed by atoms with Crippen LogP contribution in [-0.2, 0) is 14.9 Å². The van der Waals surface area contributed by atoms with Gasteiger partial charge in [0.2, 0.25) is 5.90 Å². The van der Waals surface area contributed by atoms with Crippen LogP contribution >= 0.6 is 23.2 Å². The lowest BCUT2D eigenvalue weighted by Gasteiger charge is -2.18. The molecule has 1 heterocycles. The molecule has 0 radical (unpaired) electrons. The van der Waals surface area contributed by atoms with Crippen molar-refractivity contribution < 1.29 is 9.53 Å². The van der Waals surface area contributed by atoms with Crippen LogP contribution < -0.4 is 0 Å². The molecule has 3 rings (SSSR count). The van der Waals surface area contributed by atoms with Gasteiger partial charge in [-0.25, -0.2) is 9.79 Å². The van der Waals surface area contributed by atoms with E-state index >= 15 is 0 Å². The highest BCUT2D eigenvalue weighted by atomic mass is 35.5. The quantitative estimate of drug-likeness (QED) is 0.504. The SMILES string of the molecule is CC(C)(C)c1ccc(C2=NC(=Cc3ccc(Cl)c(Cl)c3)C(=O)O2)cc1. The highest BCUT2D eigenvalue weighted by molar-refractivity contribution is 6.42. The van der Waals surface area contributed by atoms with Gasteiger partial charge in [-0.05, 0) is 46.9 Å². The van der Waals surface area contributed by atoms with Crippen LogP contribution in [0, 0.1) is 0 Å². The molecule has 128 valence electrons. The second-order valence-electron chi connectivity index (χ2n) is 6.84. The van der Waals surface area contributed by atoms with Crippen LogP contribution in [0.4, 0.5) is 0 Å². The topological polar surface area (TPSA) is 38.7 Å². The number of nitrogens with zero attached hydrogens (tertiary/aromatic N) is 1. The Balaban J connectivity index is 1.89. The van der Waals surface area contributed by atoms with Gasteiger partial charge in [-0.3, -0.25) is 0 Å². The number of carbonyl (C=O) groups is 1. The molecule has 0 bridgehead atoms. The molecule has 0 amide bonds. The second kappa shape index (κ2) is 6.66. The number of hydrogen-bond acceptors (Lipinski definition) is 3. The number of hydrogen-bond donors (Lipinski definition) is 0. The third-order valence-corrected chi connectivity index (χ3v) is 4.60. The number of rotatable bonds is 2. The van der Waals surface area contributed by atoms with Gasteiger partial charge in [0.15, 0.2) is 5.70 Å². The molecular formula is C20H17Cl2NO2. The third kappa shape index (κ3) is 3.94. The maximum atomic E-state index is 12.1. The molecule has 0 atom stereocenters. The van der Waals surface area contributed by atoms with Crippen molar-refractivity contribution in [1.29, 1.82) is 0 Å². The first kappa shape index (κ1) is 17.7. The monoisotopic (exact) mass is 373 g/mol. The van der Waals surface area contributed by atoms with E-state index in [0.717, 1.165) is 11.1 Å². The van der Waals surface area contributed by atoms with Gasteiger partial charge >= 0.3 is 5.97 Å². The minimum Gasteiger partial charge on any atom is -0.402 e. The highest BCUT2D eigenvalue weighted by Gasteiger charge is 2.24. The van der Waals surface area contributed by atoms with E-state index in [4.69, 9.17) is 27.9 Å². The predicted molar refractivity (Wildman–Crippen MR) is 102 cm³/mol. The van der Waals surface area contributed by atoms with Crippen molar-refractivity contribution >= 4 is 41.1 Å². The Morgan fingerprint density at radius 2 is 1.68 bits per heavy atom. The van der Waals surface area contributed by atoms with E-state index in [2.05, 4.69) is 25.8 Å². The molecule has 0 saturated heterocycles. The van der Waals surface area contributed by atoms with Crippen molar-refractivity contribution in [3.05, 3.63) is 74.9 Å². The minimum absolute atomic E-state index is 0.0611. The molecule has 0 spiro atoms. The first-order valence-electron chi connectivity index (χ1n) is 7.82. The van der Waals surface area contributed by atoms with Crippen LogP contribution in [0.15, 0.2) is 53.2 Å². The van der Waals surface area contributed by atoms with Gasteiger partial charge in [-0.15, -0.1) is 0 Å². The summed E-state index contributed by atoms with van der Waals surface area (Å²) in [6.45, 7) is 6.44. The van der Waals surface area contributed by atoms with E-state index in [-0.39, 0.29) is 11.1 Å².